The summed E-state index contributed by atoms with van der Waals surface area (Å²) in [6.07, 6.45) is 4.66. The molecule has 9 aromatic carbocycles. The molecule has 0 aliphatic carbocycles. The van der Waals surface area contributed by atoms with Gasteiger partial charge >= 0.3 is 28.4 Å². The summed E-state index contributed by atoms with van der Waals surface area (Å²) in [5, 5.41) is 17.5. The first kappa shape index (κ1) is 74.3. The minimum absolute atomic E-state index is 0.283. The van der Waals surface area contributed by atoms with Crippen LogP contribution in [0.15, 0.2) is 234 Å². The lowest BCUT2D eigenvalue weighted by Gasteiger charge is -2.33. The molecule has 0 amide bonds. The Hall–Kier alpha value is -4.95. The Morgan fingerprint density at radius 1 is 0.263 bits per heavy atom. The number of nitrogens with zero attached hydrogens (tertiary/aromatic N) is 6. The van der Waals surface area contributed by atoms with Gasteiger partial charge < -0.3 is 105 Å². The molecule has 0 N–H and O–H groups in total. The Balaban J connectivity index is 0.949. The van der Waals surface area contributed by atoms with Crippen molar-refractivity contribution in [1.82, 2.24) is 14.3 Å². The van der Waals surface area contributed by atoms with Crippen LogP contribution in [-0.4, -0.2) is 54.1 Å². The van der Waals surface area contributed by atoms with E-state index < -0.39 is 81.2 Å². The summed E-state index contributed by atoms with van der Waals surface area (Å²) >= 11 is 24.3. The van der Waals surface area contributed by atoms with Gasteiger partial charge in [-0.15, -0.1) is 29.6 Å². The van der Waals surface area contributed by atoms with Crippen molar-refractivity contribution in [3.63, 3.8) is 0 Å². The fraction of sp³-hybridized carbons (Fsp3) is 0.0500. The molecular weight excluding hydrogens is 1480 g/mol. The highest BCUT2D eigenvalue weighted by Crippen LogP contribution is 2.63. The van der Waals surface area contributed by atoms with Crippen molar-refractivity contribution < 1.29 is 70.1 Å². The molecule has 21 nitrogen and oxygen atoms in total. The van der Waals surface area contributed by atoms with E-state index in [2.05, 4.69) is 15.3 Å². The first-order valence-electron chi connectivity index (χ1n) is 27.5. The van der Waals surface area contributed by atoms with Crippen LogP contribution in [0.2, 0.25) is 0 Å². The standard InChI is InChI=1S/C60H54N6O15P10S4/c1-64(88(92,73-46-16-28-55(82-67)29-17-46)74-47-18-30-56(83-68)31-19-47)61-40-43-4-10-52(11-5-43)79-91(95,80-53-12-6-44(7-13-53)41-62-65(2)89(93,75-48-20-32-57(84-69)33-21-48)76-49-22-34-58(85-70)35-23-49)81-54-14-8-45(9-15-54)42-63-66(3)90(94,77-50-24-36-59(86-71)37-25-50)78-51-26-38-60(87-72)39-27-51/h4-42,82-87H,1-3H3/q-6/b61-40-,62-41-,63-42-. The Bertz CT molecular complexity index is 3430. The Morgan fingerprint density at radius 3 is 0.568 bits per heavy atom. The van der Waals surface area contributed by atoms with Crippen LogP contribution in [0, 0.1) is 0 Å². The van der Waals surface area contributed by atoms with E-state index in [-0.39, 0.29) is 17.2 Å². The molecule has 9 aromatic rings. The Kier molecular flexibility index (Phi) is 27.9. The lowest BCUT2D eigenvalue weighted by molar-refractivity contribution is -0.148. The van der Waals surface area contributed by atoms with Crippen molar-refractivity contribution >= 4 is 181 Å². The van der Waals surface area contributed by atoms with Crippen LogP contribution < -0.4 is 102 Å². The van der Waals surface area contributed by atoms with Crippen molar-refractivity contribution in [2.24, 2.45) is 15.3 Å². The van der Waals surface area contributed by atoms with E-state index >= 15 is 0 Å². The first-order chi connectivity index (χ1) is 45.8. The van der Waals surface area contributed by atoms with E-state index in [1.807, 2.05) is 0 Å². The van der Waals surface area contributed by atoms with Gasteiger partial charge in [0.15, 0.2) is 51.7 Å². The van der Waals surface area contributed by atoms with Crippen molar-refractivity contribution in [1.29, 1.82) is 0 Å². The molecule has 0 aliphatic heterocycles. The zero-order chi connectivity index (χ0) is 67.4. The molecule has 0 spiro atoms. The maximum Gasteiger partial charge on any atom is 0.424 e. The quantitative estimate of drug-likeness (QED) is 0.0164. The van der Waals surface area contributed by atoms with Gasteiger partial charge in [-0.1, -0.05) is 72.8 Å². The van der Waals surface area contributed by atoms with Gasteiger partial charge in [-0.3, -0.25) is 13.6 Å². The largest absolute Gasteiger partial charge is 0.828 e. The van der Waals surface area contributed by atoms with Crippen LogP contribution in [-0.2, 0) is 49.0 Å². The van der Waals surface area contributed by atoms with E-state index in [0.29, 0.717) is 83.0 Å². The zero-order valence-electron chi connectivity index (χ0n) is 49.7. The molecule has 35 heteroatoms. The second-order valence-corrected chi connectivity index (χ2v) is 36.6. The second kappa shape index (κ2) is 35.7. The normalized spacial score (nSPS) is 14.7. The van der Waals surface area contributed by atoms with Gasteiger partial charge in [0, 0.05) is 0 Å². The molecule has 0 fully saturated rings. The SMILES string of the molecule is CN(/N=C\c1ccc(O[P+]([S-])(Oc2ccc(/C=N\N(C)[P+]([S-])(Oc3ccc(P[O-])cc3)Oc3ccc(P[O-])cc3)cc2)Oc2ccc(/C=N\N(C)[P+]([S-])(Oc3ccc(P[O-])cc3)Oc3ccc(P[O-])cc3)cc2)cc1)[P+]([S-])(Oc1ccc(P[O-])cc1)Oc1ccc(P[O-])cc1. The molecule has 0 bridgehead atoms. The van der Waals surface area contributed by atoms with Crippen molar-refractivity contribution in [3.8, 4) is 51.7 Å². The lowest BCUT2D eigenvalue weighted by atomic mass is 10.2. The van der Waals surface area contributed by atoms with Crippen molar-refractivity contribution in [2.45, 2.75) is 0 Å². The van der Waals surface area contributed by atoms with Crippen LogP contribution in [0.5, 0.6) is 51.7 Å². The number of benzene rings is 9. The molecule has 0 heterocycles. The first-order valence-corrected chi connectivity index (χ1v) is 43.3. The molecule has 0 saturated heterocycles. The third kappa shape index (κ3) is 22.0. The van der Waals surface area contributed by atoms with Gasteiger partial charge in [0.2, 0.25) is 0 Å². The van der Waals surface area contributed by atoms with Crippen LogP contribution >= 0.6 is 81.2 Å². The van der Waals surface area contributed by atoms with Crippen LogP contribution in [0.4, 0.5) is 0 Å². The van der Waals surface area contributed by atoms with Gasteiger partial charge in [-0.2, -0.15) is 52.8 Å². The zero-order valence-corrected chi connectivity index (χ0v) is 62.6. The Morgan fingerprint density at radius 2 is 0.411 bits per heavy atom. The number of rotatable bonds is 33. The fourth-order valence-corrected chi connectivity index (χ4v) is 17.1. The van der Waals surface area contributed by atoms with E-state index in [4.69, 9.17) is 89.7 Å². The van der Waals surface area contributed by atoms with Gasteiger partial charge in [0.25, 0.3) is 0 Å². The highest BCUT2D eigenvalue weighted by atomic mass is 32.7. The number of hydrogen-bond acceptors (Lipinski definition) is 25. The maximum absolute atomic E-state index is 11.5. The Labute approximate surface area is 584 Å². The summed E-state index contributed by atoms with van der Waals surface area (Å²) in [6.45, 7) is 0. The highest BCUT2D eigenvalue weighted by molar-refractivity contribution is 8.38. The number of hydrogen-bond donors (Lipinski definition) is 0. The summed E-state index contributed by atoms with van der Waals surface area (Å²) < 4.78 is 61.5. The molecule has 6 unspecified atom stereocenters. The fourth-order valence-electron chi connectivity index (χ4n) is 7.64. The molecule has 0 radical (unpaired) electrons. The third-order valence-electron chi connectivity index (χ3n) is 12.6. The maximum atomic E-state index is 11.5. The minimum atomic E-state index is -3.84. The van der Waals surface area contributed by atoms with E-state index in [9.17, 15) is 29.4 Å². The minimum Gasteiger partial charge on any atom is -0.828 e. The van der Waals surface area contributed by atoms with Gasteiger partial charge in [0.1, 0.15) is 0 Å². The van der Waals surface area contributed by atoms with Gasteiger partial charge in [0.05, 0.1) is 39.8 Å². The molecular formula is C60H54N6O15P10S4-6. The molecule has 0 saturated carbocycles. The van der Waals surface area contributed by atoms with E-state index in [1.165, 1.54) is 14.3 Å². The van der Waals surface area contributed by atoms with Crippen LogP contribution in [0.3, 0.4) is 0 Å². The van der Waals surface area contributed by atoms with Crippen LogP contribution in [0.1, 0.15) is 16.7 Å². The second-order valence-electron chi connectivity index (χ2n) is 19.3. The lowest BCUT2D eigenvalue weighted by Crippen LogP contribution is -2.22. The number of hydrazone groups is 3. The van der Waals surface area contributed by atoms with E-state index in [1.54, 1.807) is 258 Å². The monoisotopic (exact) mass is 1540 g/mol. The highest BCUT2D eigenvalue weighted by Gasteiger charge is 2.40. The average molecular weight is 1540 g/mol. The smallest absolute Gasteiger partial charge is 0.424 e. The molecule has 0 aliphatic rings. The summed E-state index contributed by atoms with van der Waals surface area (Å²) in [5.74, 6) is 3.06. The molecule has 494 valence electrons. The van der Waals surface area contributed by atoms with Gasteiger partial charge in [-0.05, 0) is 194 Å². The predicted molar refractivity (Wildman–Crippen MR) is 395 cm³/mol. The molecule has 0 aromatic heterocycles. The van der Waals surface area contributed by atoms with Crippen molar-refractivity contribution in [3.05, 3.63) is 235 Å². The topological polar surface area (TPSA) is 268 Å². The molecule has 9 rings (SSSR count). The van der Waals surface area contributed by atoms with Gasteiger partial charge in [-0.25, -0.2) is 0 Å². The summed E-state index contributed by atoms with van der Waals surface area (Å²) in [6, 6.07) is 60.0. The summed E-state index contributed by atoms with van der Waals surface area (Å²) in [5.41, 5.74) is 1.85. The summed E-state index contributed by atoms with van der Waals surface area (Å²) in [7, 11) is -13.3. The average Bonchev–Trinajstić information content (AvgIpc) is 0.945. The third-order valence-corrected chi connectivity index (χ3v) is 26.6. The summed E-state index contributed by atoms with van der Waals surface area (Å²) in [4.78, 5) is 69.2. The predicted octanol–water partition coefficient (Wildman–Crippen LogP) is 7.87. The molecule has 6 atom stereocenters. The van der Waals surface area contributed by atoms with E-state index in [0.717, 1.165) is 0 Å². The van der Waals surface area contributed by atoms with Crippen molar-refractivity contribution in [2.75, 3.05) is 21.1 Å². The molecule has 95 heavy (non-hydrogen) atoms. The van der Waals surface area contributed by atoms with Crippen LogP contribution in [0.25, 0.3) is 0 Å².